The maximum Gasteiger partial charge on any atom is 0.269 e. The Kier molecular flexibility index (Phi) is 4.01. The first kappa shape index (κ1) is 13.1. The predicted molar refractivity (Wildman–Crippen MR) is 70.4 cm³/mol. The summed E-state index contributed by atoms with van der Waals surface area (Å²) in [6.45, 7) is 6.98. The van der Waals surface area contributed by atoms with Gasteiger partial charge in [0.05, 0.1) is 5.69 Å². The van der Waals surface area contributed by atoms with E-state index < -0.39 is 0 Å². The Morgan fingerprint density at radius 3 is 3.06 bits per heavy atom. The van der Waals surface area contributed by atoms with Crippen LogP contribution in [0.25, 0.3) is 0 Å². The third-order valence-corrected chi connectivity index (χ3v) is 3.72. The van der Waals surface area contributed by atoms with Crippen molar-refractivity contribution in [3.8, 4) is 0 Å². The van der Waals surface area contributed by atoms with Crippen molar-refractivity contribution in [3.63, 3.8) is 0 Å². The molecule has 0 saturated carbocycles. The van der Waals surface area contributed by atoms with Gasteiger partial charge in [-0.25, -0.2) is 0 Å². The van der Waals surface area contributed by atoms with E-state index in [-0.39, 0.29) is 5.91 Å². The minimum Gasteiger partial charge on any atom is -0.350 e. The van der Waals surface area contributed by atoms with Crippen molar-refractivity contribution in [2.45, 2.75) is 20.3 Å². The lowest BCUT2D eigenvalue weighted by atomic mass is 9.88. The highest BCUT2D eigenvalue weighted by molar-refractivity contribution is 5.92. The normalized spacial score (nSPS) is 23.9. The summed E-state index contributed by atoms with van der Waals surface area (Å²) < 4.78 is 1.64. The first-order chi connectivity index (χ1) is 8.58. The Hall–Kier alpha value is -1.36. The Morgan fingerprint density at radius 2 is 2.44 bits per heavy atom. The van der Waals surface area contributed by atoms with Gasteiger partial charge < -0.3 is 10.6 Å². The summed E-state index contributed by atoms with van der Waals surface area (Å²) in [7, 11) is 1.80. The predicted octanol–water partition coefficient (Wildman–Crippen LogP) is 0.704. The van der Waals surface area contributed by atoms with E-state index in [0.717, 1.165) is 31.7 Å². The standard InChI is InChI=1S/C13H22N4O/c1-9-7-14-5-4-11(9)8-15-13(18)12-6-10(2)16-17(12)3/h6,9,11,14H,4-5,7-8H2,1-3H3,(H,15,18). The number of nitrogens with one attached hydrogen (secondary N) is 2. The van der Waals surface area contributed by atoms with Gasteiger partial charge in [0, 0.05) is 13.6 Å². The van der Waals surface area contributed by atoms with Crippen molar-refractivity contribution >= 4 is 5.91 Å². The van der Waals surface area contributed by atoms with Crippen molar-refractivity contribution in [2.75, 3.05) is 19.6 Å². The number of aromatic nitrogens is 2. The molecule has 1 aromatic heterocycles. The lowest BCUT2D eigenvalue weighted by molar-refractivity contribution is 0.0928. The van der Waals surface area contributed by atoms with Gasteiger partial charge in [-0.05, 0) is 44.3 Å². The van der Waals surface area contributed by atoms with Crippen LogP contribution in [-0.4, -0.2) is 35.3 Å². The molecule has 2 rings (SSSR count). The summed E-state index contributed by atoms with van der Waals surface area (Å²) in [5, 5.41) is 10.6. The van der Waals surface area contributed by atoms with E-state index >= 15 is 0 Å². The van der Waals surface area contributed by atoms with Crippen LogP contribution >= 0.6 is 0 Å². The van der Waals surface area contributed by atoms with Gasteiger partial charge in [-0.2, -0.15) is 5.10 Å². The van der Waals surface area contributed by atoms with Gasteiger partial charge in [-0.15, -0.1) is 0 Å². The fraction of sp³-hybridized carbons (Fsp3) is 0.692. The van der Waals surface area contributed by atoms with Crippen LogP contribution in [-0.2, 0) is 7.05 Å². The third kappa shape index (κ3) is 2.90. The molecule has 0 bridgehead atoms. The van der Waals surface area contributed by atoms with Crippen molar-refractivity contribution < 1.29 is 4.79 Å². The smallest absolute Gasteiger partial charge is 0.269 e. The molecule has 1 saturated heterocycles. The second kappa shape index (κ2) is 5.52. The minimum atomic E-state index is -0.0242. The molecule has 5 nitrogen and oxygen atoms in total. The summed E-state index contributed by atoms with van der Waals surface area (Å²) >= 11 is 0. The van der Waals surface area contributed by atoms with E-state index in [9.17, 15) is 4.79 Å². The van der Waals surface area contributed by atoms with Gasteiger partial charge in [-0.1, -0.05) is 6.92 Å². The Morgan fingerprint density at radius 1 is 1.67 bits per heavy atom. The summed E-state index contributed by atoms with van der Waals surface area (Å²) in [4.78, 5) is 12.0. The number of hydrogen-bond acceptors (Lipinski definition) is 3. The van der Waals surface area contributed by atoms with Crippen LogP contribution in [0.3, 0.4) is 0 Å². The van der Waals surface area contributed by atoms with Crippen LogP contribution in [0, 0.1) is 18.8 Å². The highest BCUT2D eigenvalue weighted by atomic mass is 16.2. The Bertz CT molecular complexity index is 427. The Balaban J connectivity index is 1.90. The molecule has 1 amide bonds. The van der Waals surface area contributed by atoms with Gasteiger partial charge in [-0.3, -0.25) is 9.48 Å². The molecule has 5 heteroatoms. The second-order valence-corrected chi connectivity index (χ2v) is 5.23. The molecule has 1 aromatic rings. The first-order valence-electron chi connectivity index (χ1n) is 6.57. The lowest BCUT2D eigenvalue weighted by Gasteiger charge is -2.29. The molecule has 100 valence electrons. The van der Waals surface area contributed by atoms with E-state index in [2.05, 4.69) is 22.7 Å². The molecule has 0 aromatic carbocycles. The maximum atomic E-state index is 12.0. The maximum absolute atomic E-state index is 12.0. The zero-order valence-electron chi connectivity index (χ0n) is 11.4. The molecule has 2 heterocycles. The van der Waals surface area contributed by atoms with Crippen molar-refractivity contribution in [1.29, 1.82) is 0 Å². The van der Waals surface area contributed by atoms with E-state index in [1.807, 2.05) is 13.0 Å². The average molecular weight is 250 g/mol. The summed E-state index contributed by atoms with van der Waals surface area (Å²) in [6.07, 6.45) is 1.13. The SMILES string of the molecule is Cc1cc(C(=O)NCC2CCNCC2C)n(C)n1. The quantitative estimate of drug-likeness (QED) is 0.830. The van der Waals surface area contributed by atoms with Gasteiger partial charge in [0.2, 0.25) is 0 Å². The van der Waals surface area contributed by atoms with Gasteiger partial charge in [0.25, 0.3) is 5.91 Å². The van der Waals surface area contributed by atoms with Crippen LogP contribution in [0.1, 0.15) is 29.5 Å². The molecule has 2 unspecified atom stereocenters. The van der Waals surface area contributed by atoms with Crippen molar-refractivity contribution in [1.82, 2.24) is 20.4 Å². The molecular formula is C13H22N4O. The topological polar surface area (TPSA) is 59.0 Å². The van der Waals surface area contributed by atoms with E-state index in [1.165, 1.54) is 0 Å². The van der Waals surface area contributed by atoms with Crippen molar-refractivity contribution in [3.05, 3.63) is 17.5 Å². The molecular weight excluding hydrogens is 228 g/mol. The molecule has 0 spiro atoms. The zero-order chi connectivity index (χ0) is 13.1. The highest BCUT2D eigenvalue weighted by Crippen LogP contribution is 2.17. The first-order valence-corrected chi connectivity index (χ1v) is 6.57. The molecule has 18 heavy (non-hydrogen) atoms. The van der Waals surface area contributed by atoms with E-state index in [4.69, 9.17) is 0 Å². The fourth-order valence-corrected chi connectivity index (χ4v) is 2.51. The summed E-state index contributed by atoms with van der Waals surface area (Å²) in [6, 6.07) is 1.82. The molecule has 1 aliphatic heterocycles. The molecule has 2 N–H and O–H groups in total. The summed E-state index contributed by atoms with van der Waals surface area (Å²) in [5.74, 6) is 1.17. The molecule has 2 atom stereocenters. The van der Waals surface area contributed by atoms with Crippen molar-refractivity contribution in [2.24, 2.45) is 18.9 Å². The van der Waals surface area contributed by atoms with E-state index in [0.29, 0.717) is 17.5 Å². The van der Waals surface area contributed by atoms with Gasteiger partial charge in [0.1, 0.15) is 5.69 Å². The number of carbonyl (C=O) groups excluding carboxylic acids is 1. The minimum absolute atomic E-state index is 0.0242. The number of nitrogens with zero attached hydrogens (tertiary/aromatic N) is 2. The third-order valence-electron chi connectivity index (χ3n) is 3.72. The van der Waals surface area contributed by atoms with Crippen LogP contribution < -0.4 is 10.6 Å². The Labute approximate surface area is 108 Å². The average Bonchev–Trinajstić information content (AvgIpc) is 2.67. The second-order valence-electron chi connectivity index (χ2n) is 5.23. The lowest BCUT2D eigenvalue weighted by Crippen LogP contribution is -2.41. The number of piperidine rings is 1. The fourth-order valence-electron chi connectivity index (χ4n) is 2.51. The number of amides is 1. The zero-order valence-corrected chi connectivity index (χ0v) is 11.4. The van der Waals surface area contributed by atoms with Crippen LogP contribution in [0.4, 0.5) is 0 Å². The van der Waals surface area contributed by atoms with Crippen LogP contribution in [0.15, 0.2) is 6.07 Å². The number of carbonyl (C=O) groups is 1. The molecule has 0 radical (unpaired) electrons. The number of rotatable bonds is 3. The van der Waals surface area contributed by atoms with Gasteiger partial charge >= 0.3 is 0 Å². The molecule has 1 fully saturated rings. The number of hydrogen-bond donors (Lipinski definition) is 2. The van der Waals surface area contributed by atoms with Crippen LogP contribution in [0.2, 0.25) is 0 Å². The van der Waals surface area contributed by atoms with Gasteiger partial charge in [0.15, 0.2) is 0 Å². The molecule has 1 aliphatic rings. The monoisotopic (exact) mass is 250 g/mol. The highest BCUT2D eigenvalue weighted by Gasteiger charge is 2.22. The van der Waals surface area contributed by atoms with Crippen LogP contribution in [0.5, 0.6) is 0 Å². The number of aryl methyl sites for hydroxylation is 2. The molecule has 0 aliphatic carbocycles. The summed E-state index contributed by atoms with van der Waals surface area (Å²) in [5.41, 5.74) is 1.51. The van der Waals surface area contributed by atoms with E-state index in [1.54, 1.807) is 11.7 Å². The largest absolute Gasteiger partial charge is 0.350 e.